The molecule has 2 aromatic rings. The largest absolute Gasteiger partial charge is 2.00 e. The minimum absolute atomic E-state index is 0. The first-order valence-corrected chi connectivity index (χ1v) is 10.9. The van der Waals surface area contributed by atoms with E-state index in [1.165, 1.54) is 51.4 Å². The van der Waals surface area contributed by atoms with Gasteiger partial charge < -0.3 is 0 Å². The molecule has 0 aliphatic heterocycles. The van der Waals surface area contributed by atoms with E-state index >= 15 is 0 Å². The van der Waals surface area contributed by atoms with Gasteiger partial charge in [0, 0.05) is 9.52 Å². The van der Waals surface area contributed by atoms with Gasteiger partial charge in [-0.3, -0.25) is 0 Å². The maximum absolute atomic E-state index is 2.26. The molecule has 2 aliphatic carbocycles. The fraction of sp³-hybridized carbons (Fsp3) is 0.500. The standard InChI is InChI=1S/2C9H11.C2H7Si.2ClH.Zr/c2*1-2-5-9-7-3-6-8(9)4-1;1-3-2;;;/h2*3,6-7H,1-2,4-5H2;3H,1-2H3;2*1H;/q2*-1;;;;+2. The number of halogens is 2. The van der Waals surface area contributed by atoms with Crippen LogP contribution < -0.4 is 0 Å². The zero-order valence-electron chi connectivity index (χ0n) is 15.0. The molecule has 0 bridgehead atoms. The van der Waals surface area contributed by atoms with E-state index < -0.39 is 0 Å². The monoisotopic (exact) mass is 459 g/mol. The van der Waals surface area contributed by atoms with Crippen LogP contribution in [-0.4, -0.2) is 9.52 Å². The molecule has 4 rings (SSSR count). The van der Waals surface area contributed by atoms with Crippen LogP contribution in [0.25, 0.3) is 0 Å². The summed E-state index contributed by atoms with van der Waals surface area (Å²) in [7, 11) is 0.750. The number of fused-ring (bicyclic) bond motifs is 2. The topological polar surface area (TPSA) is 0 Å². The van der Waals surface area contributed by atoms with E-state index in [-0.39, 0.29) is 51.0 Å². The second-order valence-electron chi connectivity index (χ2n) is 6.14. The molecule has 0 heterocycles. The number of hydrogen-bond donors (Lipinski definition) is 0. The van der Waals surface area contributed by atoms with Gasteiger partial charge in [-0.15, -0.1) is 24.8 Å². The average molecular weight is 462 g/mol. The van der Waals surface area contributed by atoms with Crippen LogP contribution in [0.5, 0.6) is 0 Å². The summed E-state index contributed by atoms with van der Waals surface area (Å²) in [6, 6.07) is 13.4. The fourth-order valence-corrected chi connectivity index (χ4v) is 3.23. The van der Waals surface area contributed by atoms with Crippen LogP contribution >= 0.6 is 24.8 Å². The van der Waals surface area contributed by atoms with Crippen LogP contribution in [0.3, 0.4) is 0 Å². The van der Waals surface area contributed by atoms with Gasteiger partial charge in [-0.1, -0.05) is 64.5 Å². The second kappa shape index (κ2) is 15.6. The summed E-state index contributed by atoms with van der Waals surface area (Å²) in [4.78, 5) is 0. The van der Waals surface area contributed by atoms with Gasteiger partial charge in [-0.25, -0.2) is 12.1 Å². The first kappa shape index (κ1) is 26.6. The fourth-order valence-electron chi connectivity index (χ4n) is 3.23. The molecule has 0 fully saturated rings. The summed E-state index contributed by atoms with van der Waals surface area (Å²) in [5.74, 6) is 0. The molecule has 2 aromatic carbocycles. The van der Waals surface area contributed by atoms with Crippen molar-refractivity contribution in [1.29, 1.82) is 0 Å². The number of hydrogen-bond acceptors (Lipinski definition) is 0. The van der Waals surface area contributed by atoms with Crippen molar-refractivity contribution in [1.82, 2.24) is 0 Å². The maximum Gasteiger partial charge on any atom is 2.00 e. The Morgan fingerprint density at radius 2 is 1.04 bits per heavy atom. The minimum atomic E-state index is 0. The molecule has 0 atom stereocenters. The Kier molecular flexibility index (Phi) is 17.3. The summed E-state index contributed by atoms with van der Waals surface area (Å²) < 4.78 is 0. The molecule has 0 N–H and O–H groups in total. The van der Waals surface area contributed by atoms with Crippen molar-refractivity contribution in [3.63, 3.8) is 0 Å². The third-order valence-electron chi connectivity index (χ3n) is 4.30. The summed E-state index contributed by atoms with van der Waals surface area (Å²) in [5.41, 5.74) is 6.39. The van der Waals surface area contributed by atoms with Gasteiger partial charge in [0.25, 0.3) is 0 Å². The molecule has 0 aromatic heterocycles. The van der Waals surface area contributed by atoms with E-state index in [9.17, 15) is 0 Å². The van der Waals surface area contributed by atoms with Gasteiger partial charge in [0.1, 0.15) is 0 Å². The molecule has 0 unspecified atom stereocenters. The van der Waals surface area contributed by atoms with Crippen molar-refractivity contribution in [3.8, 4) is 0 Å². The smallest absolute Gasteiger partial charge is 0.210 e. The molecule has 2 aliphatic rings. The molecular formula is C20H31Cl2SiZr. The first-order chi connectivity index (χ1) is 10.3. The van der Waals surface area contributed by atoms with Crippen molar-refractivity contribution in [2.45, 2.75) is 64.5 Å². The molecule has 0 saturated heterocycles. The normalized spacial score (nSPS) is 13.8. The van der Waals surface area contributed by atoms with Crippen molar-refractivity contribution >= 4 is 34.3 Å². The molecule has 0 nitrogen and oxygen atoms in total. The summed E-state index contributed by atoms with van der Waals surface area (Å²) in [5, 5.41) is 0. The molecule has 133 valence electrons. The van der Waals surface area contributed by atoms with E-state index in [0.29, 0.717) is 0 Å². The summed E-state index contributed by atoms with van der Waals surface area (Å²) in [6.07, 6.45) is 10.9. The van der Waals surface area contributed by atoms with Gasteiger partial charge in [-0.05, 0) is 0 Å². The number of aryl methyl sites for hydroxylation is 4. The zero-order valence-corrected chi connectivity index (χ0v) is 20.3. The van der Waals surface area contributed by atoms with E-state index in [0.717, 1.165) is 9.52 Å². The molecule has 0 saturated carbocycles. The van der Waals surface area contributed by atoms with Crippen molar-refractivity contribution in [2.75, 3.05) is 0 Å². The quantitative estimate of drug-likeness (QED) is 0.337. The summed E-state index contributed by atoms with van der Waals surface area (Å²) >= 11 is 0. The SMILES string of the molecule is C[SiH]C.Cl.Cl.[Zr+2].c1cc2c([cH-]1)CCCC2.c1cc2c([cH-]1)CCCC2. The van der Waals surface area contributed by atoms with Crippen LogP contribution in [0, 0.1) is 0 Å². The van der Waals surface area contributed by atoms with Crippen LogP contribution in [0.4, 0.5) is 0 Å². The van der Waals surface area contributed by atoms with Crippen LogP contribution in [-0.2, 0) is 51.9 Å². The predicted molar refractivity (Wildman–Crippen MR) is 111 cm³/mol. The second-order valence-corrected chi connectivity index (χ2v) is 7.30. The van der Waals surface area contributed by atoms with Crippen LogP contribution in [0.2, 0.25) is 13.1 Å². The van der Waals surface area contributed by atoms with Crippen LogP contribution in [0.15, 0.2) is 36.4 Å². The Labute approximate surface area is 182 Å². The van der Waals surface area contributed by atoms with E-state index in [4.69, 9.17) is 0 Å². The molecule has 1 radical (unpaired) electrons. The van der Waals surface area contributed by atoms with Crippen molar-refractivity contribution in [2.24, 2.45) is 0 Å². The van der Waals surface area contributed by atoms with Crippen LogP contribution in [0.1, 0.15) is 47.9 Å². The van der Waals surface area contributed by atoms with Gasteiger partial charge in [0.15, 0.2) is 0 Å². The van der Waals surface area contributed by atoms with Gasteiger partial charge in [0.05, 0.1) is 0 Å². The Morgan fingerprint density at radius 3 is 1.38 bits per heavy atom. The van der Waals surface area contributed by atoms with E-state index in [1.54, 1.807) is 22.3 Å². The van der Waals surface area contributed by atoms with E-state index in [1.807, 2.05) is 0 Å². The molecular weight excluding hydrogens is 430 g/mol. The third kappa shape index (κ3) is 8.65. The van der Waals surface area contributed by atoms with Crippen molar-refractivity contribution < 1.29 is 26.2 Å². The Hall–Kier alpha value is 0.380. The molecule has 24 heavy (non-hydrogen) atoms. The zero-order chi connectivity index (χ0) is 14.9. The maximum atomic E-state index is 2.26. The van der Waals surface area contributed by atoms with Gasteiger partial charge in [0.2, 0.25) is 0 Å². The van der Waals surface area contributed by atoms with Gasteiger partial charge in [-0.2, -0.15) is 46.5 Å². The molecule has 4 heteroatoms. The Bertz CT molecular complexity index is 432. The summed E-state index contributed by atoms with van der Waals surface area (Å²) in [6.45, 7) is 4.42. The average Bonchev–Trinajstić information content (AvgIpc) is 3.17. The minimum Gasteiger partial charge on any atom is -0.210 e. The Balaban J connectivity index is 0. The number of rotatable bonds is 0. The molecule has 0 amide bonds. The van der Waals surface area contributed by atoms with Crippen molar-refractivity contribution in [3.05, 3.63) is 58.7 Å². The predicted octanol–water partition coefficient (Wildman–Crippen LogP) is 5.93. The third-order valence-corrected chi connectivity index (χ3v) is 4.30. The Morgan fingerprint density at radius 1 is 0.708 bits per heavy atom. The van der Waals surface area contributed by atoms with E-state index in [2.05, 4.69) is 49.5 Å². The van der Waals surface area contributed by atoms with Gasteiger partial charge >= 0.3 is 26.2 Å². The first-order valence-electron chi connectivity index (χ1n) is 8.56. The molecule has 0 spiro atoms.